The summed E-state index contributed by atoms with van der Waals surface area (Å²) in [7, 11) is 0. The number of allylic oxidation sites excluding steroid dienone is 4. The smallest absolute Gasteiger partial charge is 0.00917 e. The van der Waals surface area contributed by atoms with Crippen molar-refractivity contribution in [3.05, 3.63) is 23.3 Å². The normalized spacial score (nSPS) is 33.5. The van der Waals surface area contributed by atoms with Gasteiger partial charge in [-0.3, -0.25) is 0 Å². The van der Waals surface area contributed by atoms with Crippen molar-refractivity contribution in [1.29, 1.82) is 0 Å². The molecule has 0 nitrogen and oxygen atoms in total. The van der Waals surface area contributed by atoms with Crippen LogP contribution < -0.4 is 0 Å². The van der Waals surface area contributed by atoms with Crippen LogP contribution in [0.5, 0.6) is 0 Å². The first-order chi connectivity index (χ1) is 45.4. The molecule has 10 atom stereocenters. The average molecular weight is 1420 g/mol. The molecule has 0 aromatic heterocycles. The van der Waals surface area contributed by atoms with Gasteiger partial charge < -0.3 is 0 Å². The molecule has 0 heterocycles. The lowest BCUT2D eigenvalue weighted by molar-refractivity contribution is 0.0110. The Morgan fingerprint density at radius 1 is 0.176 bits per heavy atom. The topological polar surface area (TPSA) is 0 Å². The van der Waals surface area contributed by atoms with Crippen LogP contribution in [0, 0.1) is 182 Å². The third kappa shape index (κ3) is 30.3. The number of hydrogen-bond acceptors (Lipinski definition) is 0. The molecule has 0 aliphatic heterocycles. The zero-order chi connectivity index (χ0) is 78.9. The largest absolute Gasteiger partial charge is 0.0622 e. The third-order valence-corrected chi connectivity index (χ3v) is 30.7. The van der Waals surface area contributed by atoms with Gasteiger partial charge in [0.2, 0.25) is 0 Å². The molecule has 0 bridgehead atoms. The molecule has 0 amide bonds. The molecule has 10 rings (SSSR count). The number of hydrogen-bond donors (Lipinski definition) is 0. The Balaban J connectivity index is 0.000000255. The van der Waals surface area contributed by atoms with Gasteiger partial charge in [0.1, 0.15) is 0 Å². The van der Waals surface area contributed by atoms with Crippen LogP contribution >= 0.6 is 0 Å². The highest BCUT2D eigenvalue weighted by Gasteiger charge is 2.59. The summed E-state index contributed by atoms with van der Waals surface area (Å²) in [6.07, 6.45) is 40.1. The fourth-order valence-electron chi connectivity index (χ4n) is 21.3. The molecule has 0 spiro atoms. The minimum atomic E-state index is 0.337. The minimum Gasteiger partial charge on any atom is -0.0622 e. The maximum absolute atomic E-state index is 2.44. The molecule has 10 aliphatic rings. The lowest BCUT2D eigenvalue weighted by Crippen LogP contribution is -2.40. The lowest BCUT2D eigenvalue weighted by atomic mass is 9.56. The third-order valence-electron chi connectivity index (χ3n) is 30.7. The monoisotopic (exact) mass is 1420 g/mol. The Hall–Kier alpha value is -0.520. The highest BCUT2D eigenvalue weighted by Crippen LogP contribution is 2.67. The van der Waals surface area contributed by atoms with Gasteiger partial charge >= 0.3 is 0 Å². The van der Waals surface area contributed by atoms with Crippen molar-refractivity contribution in [1.82, 2.24) is 0 Å². The Bertz CT molecular complexity index is 2310. The van der Waals surface area contributed by atoms with Crippen molar-refractivity contribution in [2.45, 2.75) is 445 Å². The van der Waals surface area contributed by atoms with Crippen molar-refractivity contribution in [2.24, 2.45) is 182 Å². The van der Waals surface area contributed by atoms with Crippen LogP contribution in [0.15, 0.2) is 23.3 Å². The second-order valence-electron chi connectivity index (χ2n) is 53.1. The van der Waals surface area contributed by atoms with Crippen LogP contribution in [0.2, 0.25) is 0 Å². The minimum absolute atomic E-state index is 0.337. The molecule has 0 aromatic carbocycles. The zero-order valence-corrected chi connectivity index (χ0v) is 78.5. The van der Waals surface area contributed by atoms with Gasteiger partial charge in [0, 0.05) is 0 Å². The van der Waals surface area contributed by atoms with Crippen LogP contribution in [0.3, 0.4) is 0 Å². The summed E-state index contributed by atoms with van der Waals surface area (Å²) in [4.78, 5) is 0. The molecule has 102 heavy (non-hydrogen) atoms. The standard InChI is InChI=1S/C20H38.C18H34.C14H26.C14H28.C13H22.C12H24.C11H22/c1-19(2,3)17-11-7-15(8-12-17)16-9-13-18(14-10-16)20(4,5)6;1-17(2,3)15-9-7-13(11-15)14-8-10-16(12-14)18(4,5)6;1-13(2,3)11-7-9(11)10-8-12(10)14(4,5)6;1-13(2,3)11-7-9-12(10-8-11)14(4,5)6;1-12(2,3)10-7-8-11(9-10)13(4,5)6;1-11(2,3)9-7-10(8-9)12(4,5)6;1-10(2,3)8-7-9(8)11(4,5)6/h15-18H,7-14H2,1-6H3;13-16H,7-12H2,1-6H3;9-12H,7-8H2,1-6H3;11-12H,7-10H2,1-6H3;7-8H,9H2,1-6H3;9-10H,7-8H2,1-6H3;8-9H,7H2,1-6H3. The van der Waals surface area contributed by atoms with Gasteiger partial charge in [0.05, 0.1) is 0 Å². The molecule has 10 aliphatic carbocycles. The first-order valence-corrected chi connectivity index (χ1v) is 44.8. The molecule has 0 N–H and O–H groups in total. The first kappa shape index (κ1) is 93.9. The van der Waals surface area contributed by atoms with Crippen molar-refractivity contribution in [3.8, 4) is 0 Å². The van der Waals surface area contributed by atoms with E-state index in [0.717, 1.165) is 107 Å². The van der Waals surface area contributed by atoms with Crippen molar-refractivity contribution in [3.63, 3.8) is 0 Å². The van der Waals surface area contributed by atoms with Gasteiger partial charge in [0.15, 0.2) is 0 Å². The molecule has 0 saturated heterocycles. The molecule has 0 heteroatoms. The Morgan fingerprint density at radius 3 is 0.529 bits per heavy atom. The van der Waals surface area contributed by atoms with Gasteiger partial charge in [-0.2, -0.15) is 0 Å². The highest BCUT2D eigenvalue weighted by molar-refractivity contribution is 5.36. The predicted molar refractivity (Wildman–Crippen MR) is 462 cm³/mol. The second-order valence-corrected chi connectivity index (χ2v) is 53.1. The summed E-state index contributed by atoms with van der Waals surface area (Å²) in [6.45, 7) is 100. The van der Waals surface area contributed by atoms with Gasteiger partial charge in [-0.05, 0) is 336 Å². The van der Waals surface area contributed by atoms with Gasteiger partial charge in [-0.25, -0.2) is 0 Å². The molecule has 0 aromatic rings. The Labute approximate surface area is 646 Å². The van der Waals surface area contributed by atoms with E-state index in [1.165, 1.54) is 154 Å². The number of rotatable bonds is 3. The zero-order valence-electron chi connectivity index (χ0n) is 78.5. The van der Waals surface area contributed by atoms with E-state index in [1.54, 1.807) is 11.1 Å². The molecular weight excluding hydrogens is 1230 g/mol. The van der Waals surface area contributed by atoms with Crippen LogP contribution in [-0.2, 0) is 0 Å². The maximum Gasteiger partial charge on any atom is -0.00917 e. The van der Waals surface area contributed by atoms with E-state index in [2.05, 4.69) is 303 Å². The summed E-state index contributed by atoms with van der Waals surface area (Å²) in [6, 6.07) is 0. The van der Waals surface area contributed by atoms with E-state index in [1.807, 2.05) is 0 Å². The van der Waals surface area contributed by atoms with Crippen LogP contribution in [0.4, 0.5) is 0 Å². The Morgan fingerprint density at radius 2 is 0.373 bits per heavy atom. The van der Waals surface area contributed by atoms with Gasteiger partial charge in [-0.1, -0.05) is 314 Å². The van der Waals surface area contributed by atoms with E-state index < -0.39 is 0 Å². The Kier molecular flexibility index (Phi) is 31.9. The first-order valence-electron chi connectivity index (χ1n) is 44.8. The summed E-state index contributed by atoms with van der Waals surface area (Å²) in [5.74, 6) is 18.2. The van der Waals surface area contributed by atoms with Gasteiger partial charge in [0.25, 0.3) is 0 Å². The van der Waals surface area contributed by atoms with Crippen LogP contribution in [-0.4, -0.2) is 0 Å². The highest BCUT2D eigenvalue weighted by atomic mass is 14.6. The van der Waals surface area contributed by atoms with E-state index in [9.17, 15) is 0 Å². The average Bonchev–Trinajstić information content (AvgIpc) is 1.57. The molecule has 9 fully saturated rings. The molecular formula is C102H194. The van der Waals surface area contributed by atoms with Crippen molar-refractivity contribution in [2.75, 3.05) is 0 Å². The van der Waals surface area contributed by atoms with E-state index in [4.69, 9.17) is 0 Å². The molecule has 9 saturated carbocycles. The van der Waals surface area contributed by atoms with Crippen LogP contribution in [0.25, 0.3) is 0 Å². The lowest BCUT2D eigenvalue weighted by Gasteiger charge is -2.49. The summed E-state index contributed by atoms with van der Waals surface area (Å²) >= 11 is 0. The molecule has 0 radical (unpaired) electrons. The molecule has 10 unspecified atom stereocenters. The summed E-state index contributed by atoms with van der Waals surface area (Å²) in [5, 5.41) is 0. The molecule has 602 valence electrons. The quantitative estimate of drug-likeness (QED) is 0.264. The fourth-order valence-corrected chi connectivity index (χ4v) is 21.3. The maximum atomic E-state index is 2.44. The van der Waals surface area contributed by atoms with Gasteiger partial charge in [-0.15, -0.1) is 0 Å². The van der Waals surface area contributed by atoms with Crippen molar-refractivity contribution < 1.29 is 0 Å². The van der Waals surface area contributed by atoms with Crippen LogP contribution in [0.1, 0.15) is 445 Å². The second kappa shape index (κ2) is 34.6. The predicted octanol–water partition coefficient (Wildman–Crippen LogP) is 34.0. The summed E-state index contributed by atoms with van der Waals surface area (Å²) < 4.78 is 0. The van der Waals surface area contributed by atoms with E-state index in [0.29, 0.717) is 75.8 Å². The summed E-state index contributed by atoms with van der Waals surface area (Å²) in [5.41, 5.74) is 10.3. The SMILES string of the molecule is CC(C)(C)C1=CC=C(C(C)(C)C)C1.CC(C)(C)C1CC(C(C)(C)C)C1.CC(C)(C)C1CC1C(C)(C)C.CC(C)(C)C1CC1C1CC1C(C)(C)C.CC(C)(C)C1CCC(C(C)(C)C)CC1.CC(C)(C)C1CCC(C2CCC(C(C)(C)C)C2)C1.CC(C)(C)C1CCC(C2CCC(C(C)(C)C)CC2)CC1. The fraction of sp³-hybridized carbons (Fsp3) is 0.961. The van der Waals surface area contributed by atoms with E-state index >= 15 is 0 Å². The van der Waals surface area contributed by atoms with E-state index in [-0.39, 0.29) is 0 Å². The van der Waals surface area contributed by atoms with Crippen molar-refractivity contribution >= 4 is 0 Å².